The van der Waals surface area contributed by atoms with Gasteiger partial charge in [0.2, 0.25) is 0 Å². The van der Waals surface area contributed by atoms with Gasteiger partial charge in [-0.3, -0.25) is 4.55 Å². The van der Waals surface area contributed by atoms with Crippen LogP contribution in [0.3, 0.4) is 0 Å². The molecule has 0 radical (unpaired) electrons. The van der Waals surface area contributed by atoms with Crippen molar-refractivity contribution in [3.8, 4) is 0 Å². The highest BCUT2D eigenvalue weighted by Crippen LogP contribution is 2.15. The first-order valence-corrected chi connectivity index (χ1v) is 7.51. The van der Waals surface area contributed by atoms with Gasteiger partial charge < -0.3 is 0 Å². The summed E-state index contributed by atoms with van der Waals surface area (Å²) in [5.41, 5.74) is 1.05. The molecule has 0 aliphatic heterocycles. The summed E-state index contributed by atoms with van der Waals surface area (Å²) in [6.45, 7) is 2.05. The number of aryl methyl sites for hydroxylation is 1. The van der Waals surface area contributed by atoms with Gasteiger partial charge in [-0.2, -0.15) is 8.42 Å². The third-order valence-corrected chi connectivity index (χ3v) is 4.04. The minimum Gasteiger partial charge on any atom is -0.282 e. The van der Waals surface area contributed by atoms with Gasteiger partial charge in [0.25, 0.3) is 10.1 Å². The fraction of sp³-hybridized carbons (Fsp3) is 0.500. The lowest BCUT2D eigenvalue weighted by molar-refractivity contribution is 0.483. The van der Waals surface area contributed by atoms with Gasteiger partial charge in [0.1, 0.15) is 0 Å². The molecular weight excluding hydrogens is 260 g/mol. The van der Waals surface area contributed by atoms with Gasteiger partial charge in [-0.1, -0.05) is 19.1 Å². The van der Waals surface area contributed by atoms with Crippen molar-refractivity contribution in [3.05, 3.63) is 29.8 Å². The van der Waals surface area contributed by atoms with Gasteiger partial charge in [-0.15, -0.1) is 11.6 Å². The molecule has 0 bridgehead atoms. The van der Waals surface area contributed by atoms with Gasteiger partial charge in [0.15, 0.2) is 0 Å². The van der Waals surface area contributed by atoms with Gasteiger partial charge in [0, 0.05) is 5.38 Å². The lowest BCUT2D eigenvalue weighted by atomic mass is 10.1. The molecule has 1 atom stereocenters. The maximum atomic E-state index is 10.8. The normalized spacial score (nSPS) is 13.6. The summed E-state index contributed by atoms with van der Waals surface area (Å²) in [5.74, 6) is 0. The van der Waals surface area contributed by atoms with Crippen LogP contribution in [0.4, 0.5) is 0 Å². The van der Waals surface area contributed by atoms with E-state index in [0.29, 0.717) is 0 Å². The smallest absolute Gasteiger partial charge is 0.282 e. The van der Waals surface area contributed by atoms with Crippen LogP contribution in [0.2, 0.25) is 0 Å². The molecule has 0 spiro atoms. The Balaban J connectivity index is 2.52. The molecule has 5 heteroatoms. The van der Waals surface area contributed by atoms with Crippen molar-refractivity contribution in [2.45, 2.75) is 42.9 Å². The molecule has 0 amide bonds. The molecular formula is C12H17ClO3S. The van der Waals surface area contributed by atoms with Gasteiger partial charge in [0.05, 0.1) is 4.90 Å². The molecule has 96 valence electrons. The van der Waals surface area contributed by atoms with Crippen molar-refractivity contribution >= 4 is 21.7 Å². The van der Waals surface area contributed by atoms with E-state index < -0.39 is 10.1 Å². The van der Waals surface area contributed by atoms with Crippen LogP contribution in [-0.2, 0) is 16.5 Å². The lowest BCUT2D eigenvalue weighted by Gasteiger charge is -2.06. The Morgan fingerprint density at radius 2 is 1.88 bits per heavy atom. The average molecular weight is 277 g/mol. The van der Waals surface area contributed by atoms with Crippen LogP contribution in [-0.4, -0.2) is 18.3 Å². The molecule has 0 aliphatic carbocycles. The number of hydrogen-bond donors (Lipinski definition) is 1. The van der Waals surface area contributed by atoms with Gasteiger partial charge in [-0.25, -0.2) is 0 Å². The summed E-state index contributed by atoms with van der Waals surface area (Å²) < 4.78 is 30.5. The predicted octanol–water partition coefficient (Wildman–Crippen LogP) is 3.27. The first kappa shape index (κ1) is 14.5. The Morgan fingerprint density at radius 1 is 1.29 bits per heavy atom. The lowest BCUT2D eigenvalue weighted by Crippen LogP contribution is -1.99. The van der Waals surface area contributed by atoms with Crippen LogP contribution >= 0.6 is 11.6 Å². The van der Waals surface area contributed by atoms with E-state index in [1.54, 1.807) is 12.1 Å². The second-order valence-corrected chi connectivity index (χ2v) is 6.06. The maximum Gasteiger partial charge on any atom is 0.294 e. The minimum absolute atomic E-state index is 0.0648. The molecule has 17 heavy (non-hydrogen) atoms. The topological polar surface area (TPSA) is 54.4 Å². The first-order chi connectivity index (χ1) is 7.93. The highest BCUT2D eigenvalue weighted by atomic mass is 35.5. The van der Waals surface area contributed by atoms with Crippen molar-refractivity contribution < 1.29 is 13.0 Å². The zero-order valence-electron chi connectivity index (χ0n) is 9.77. The van der Waals surface area contributed by atoms with E-state index in [2.05, 4.69) is 6.92 Å². The van der Waals surface area contributed by atoms with Crippen LogP contribution < -0.4 is 0 Å². The summed E-state index contributed by atoms with van der Waals surface area (Å²) in [4.78, 5) is -0.0648. The van der Waals surface area contributed by atoms with Gasteiger partial charge in [-0.05, 0) is 43.4 Å². The molecule has 0 aromatic heterocycles. The molecule has 0 aliphatic rings. The number of hydrogen-bond acceptors (Lipinski definition) is 2. The second kappa shape index (κ2) is 6.38. The Bertz CT molecular complexity index is 439. The fourth-order valence-corrected chi connectivity index (χ4v) is 2.19. The van der Waals surface area contributed by atoms with Crippen LogP contribution in [0.15, 0.2) is 29.2 Å². The van der Waals surface area contributed by atoms with Gasteiger partial charge >= 0.3 is 0 Å². The predicted molar refractivity (Wildman–Crippen MR) is 69.1 cm³/mol. The summed E-state index contributed by atoms with van der Waals surface area (Å²) in [5, 5.41) is 0.215. The second-order valence-electron chi connectivity index (χ2n) is 4.02. The molecule has 1 rings (SSSR count). The van der Waals surface area contributed by atoms with Crippen LogP contribution in [0.1, 0.15) is 31.7 Å². The van der Waals surface area contributed by atoms with E-state index in [1.165, 1.54) is 12.1 Å². The highest BCUT2D eigenvalue weighted by molar-refractivity contribution is 7.85. The van der Waals surface area contributed by atoms with Crippen molar-refractivity contribution in [3.63, 3.8) is 0 Å². The molecule has 1 aromatic carbocycles. The average Bonchev–Trinajstić information content (AvgIpc) is 2.28. The molecule has 0 unspecified atom stereocenters. The Labute approximate surface area is 108 Å². The van der Waals surface area contributed by atoms with Crippen molar-refractivity contribution in [1.82, 2.24) is 0 Å². The zero-order chi connectivity index (χ0) is 12.9. The Kier molecular flexibility index (Phi) is 5.43. The standard InChI is InChI=1S/C12H17ClO3S/c1-2-11(13)5-3-4-10-6-8-12(9-7-10)17(14,15)16/h6-9,11H,2-5H2,1H3,(H,14,15,16)/t11-/m0/s1. The number of rotatable bonds is 6. The highest BCUT2D eigenvalue weighted by Gasteiger charge is 2.08. The third-order valence-electron chi connectivity index (χ3n) is 2.65. The summed E-state index contributed by atoms with van der Waals surface area (Å²) in [7, 11) is -4.08. The van der Waals surface area contributed by atoms with Crippen molar-refractivity contribution in [2.75, 3.05) is 0 Å². The Morgan fingerprint density at radius 3 is 2.35 bits per heavy atom. The summed E-state index contributed by atoms with van der Waals surface area (Å²) in [6.07, 6.45) is 3.77. The fourth-order valence-electron chi connectivity index (χ4n) is 1.56. The van der Waals surface area contributed by atoms with E-state index in [-0.39, 0.29) is 10.3 Å². The molecule has 0 saturated carbocycles. The van der Waals surface area contributed by atoms with Crippen molar-refractivity contribution in [2.24, 2.45) is 0 Å². The molecule has 0 fully saturated rings. The van der Waals surface area contributed by atoms with E-state index >= 15 is 0 Å². The molecule has 1 aromatic rings. The zero-order valence-corrected chi connectivity index (χ0v) is 11.3. The molecule has 3 nitrogen and oxygen atoms in total. The number of benzene rings is 1. The third kappa shape index (κ3) is 5.06. The van der Waals surface area contributed by atoms with Crippen LogP contribution in [0.5, 0.6) is 0 Å². The molecule has 0 saturated heterocycles. The number of halogens is 1. The Hall–Kier alpha value is -0.580. The van der Waals surface area contributed by atoms with E-state index in [4.69, 9.17) is 16.2 Å². The van der Waals surface area contributed by atoms with Crippen molar-refractivity contribution in [1.29, 1.82) is 0 Å². The largest absolute Gasteiger partial charge is 0.294 e. The first-order valence-electron chi connectivity index (χ1n) is 5.64. The molecule has 0 heterocycles. The minimum atomic E-state index is -4.08. The maximum absolute atomic E-state index is 10.8. The van der Waals surface area contributed by atoms with Crippen LogP contribution in [0, 0.1) is 0 Å². The summed E-state index contributed by atoms with van der Waals surface area (Å²) >= 11 is 6.00. The molecule has 1 N–H and O–H groups in total. The van der Waals surface area contributed by atoms with E-state index in [1.807, 2.05) is 0 Å². The van der Waals surface area contributed by atoms with Crippen LogP contribution in [0.25, 0.3) is 0 Å². The van der Waals surface area contributed by atoms with E-state index in [9.17, 15) is 8.42 Å². The summed E-state index contributed by atoms with van der Waals surface area (Å²) in [6, 6.07) is 6.28. The van der Waals surface area contributed by atoms with E-state index in [0.717, 1.165) is 31.2 Å². The number of alkyl halides is 1. The monoisotopic (exact) mass is 276 g/mol. The quantitative estimate of drug-likeness (QED) is 0.641. The SMILES string of the molecule is CC[C@H](Cl)CCCc1ccc(S(=O)(=O)O)cc1.